The second kappa shape index (κ2) is 9.46. The van der Waals surface area contributed by atoms with Crippen molar-refractivity contribution in [3.8, 4) is 0 Å². The van der Waals surface area contributed by atoms with Crippen LogP contribution in [0.1, 0.15) is 58.3 Å². The summed E-state index contributed by atoms with van der Waals surface area (Å²) in [6, 6.07) is 0. The lowest BCUT2D eigenvalue weighted by Crippen LogP contribution is -2.34. The van der Waals surface area contributed by atoms with Crippen molar-refractivity contribution in [3.63, 3.8) is 0 Å². The van der Waals surface area contributed by atoms with Crippen molar-refractivity contribution in [1.82, 2.24) is 10.6 Å². The molecular weight excluding hydrogens is 212 g/mol. The lowest BCUT2D eigenvalue weighted by molar-refractivity contribution is -0.120. The van der Waals surface area contributed by atoms with E-state index in [4.69, 9.17) is 0 Å². The van der Waals surface area contributed by atoms with E-state index < -0.39 is 0 Å². The molecule has 0 aromatic rings. The van der Waals surface area contributed by atoms with Crippen LogP contribution in [0.25, 0.3) is 0 Å². The van der Waals surface area contributed by atoms with E-state index in [0.29, 0.717) is 6.54 Å². The predicted octanol–water partition coefficient (Wildman–Crippen LogP) is 2.46. The monoisotopic (exact) mass is 240 g/mol. The third-order valence-electron chi connectivity index (χ3n) is 3.58. The van der Waals surface area contributed by atoms with Crippen LogP contribution in [0.3, 0.4) is 0 Å². The molecule has 0 unspecified atom stereocenters. The van der Waals surface area contributed by atoms with Crippen molar-refractivity contribution >= 4 is 5.91 Å². The number of nitrogens with one attached hydrogen (secondary N) is 2. The zero-order valence-corrected chi connectivity index (χ0v) is 11.3. The van der Waals surface area contributed by atoms with E-state index >= 15 is 0 Å². The summed E-state index contributed by atoms with van der Waals surface area (Å²) in [6.07, 6.45) is 10.5. The fourth-order valence-corrected chi connectivity index (χ4v) is 2.48. The first-order valence-electron chi connectivity index (χ1n) is 7.30. The Bertz CT molecular complexity index is 200. The van der Waals surface area contributed by atoms with Gasteiger partial charge in [0.1, 0.15) is 0 Å². The van der Waals surface area contributed by atoms with Gasteiger partial charge in [-0.3, -0.25) is 4.79 Å². The zero-order valence-electron chi connectivity index (χ0n) is 11.3. The minimum absolute atomic E-state index is 0.138. The zero-order chi connectivity index (χ0) is 12.3. The number of amides is 1. The summed E-state index contributed by atoms with van der Waals surface area (Å²) in [5.74, 6) is 1.11. The van der Waals surface area contributed by atoms with Gasteiger partial charge in [0, 0.05) is 6.54 Å². The topological polar surface area (TPSA) is 41.1 Å². The van der Waals surface area contributed by atoms with E-state index in [1.807, 2.05) is 0 Å². The summed E-state index contributed by atoms with van der Waals surface area (Å²) >= 11 is 0. The molecule has 1 amide bonds. The smallest absolute Gasteiger partial charge is 0.233 e. The number of hydrogen-bond donors (Lipinski definition) is 2. The molecule has 0 aromatic carbocycles. The van der Waals surface area contributed by atoms with Crippen LogP contribution in [0.15, 0.2) is 0 Å². The molecule has 17 heavy (non-hydrogen) atoms. The normalized spacial score (nSPS) is 16.3. The number of rotatable bonds is 9. The molecule has 0 aliphatic heterocycles. The average Bonchev–Trinajstić information content (AvgIpc) is 2.82. The van der Waals surface area contributed by atoms with Crippen molar-refractivity contribution < 1.29 is 4.79 Å². The van der Waals surface area contributed by atoms with E-state index in [-0.39, 0.29) is 5.91 Å². The highest BCUT2D eigenvalue weighted by Gasteiger charge is 2.13. The van der Waals surface area contributed by atoms with Crippen molar-refractivity contribution in [3.05, 3.63) is 0 Å². The minimum Gasteiger partial charge on any atom is -0.355 e. The molecule has 0 aromatic heterocycles. The highest BCUT2D eigenvalue weighted by atomic mass is 16.1. The Balaban J connectivity index is 1.84. The molecule has 1 aliphatic carbocycles. The van der Waals surface area contributed by atoms with Gasteiger partial charge in [0.15, 0.2) is 0 Å². The van der Waals surface area contributed by atoms with Gasteiger partial charge in [0.05, 0.1) is 6.54 Å². The quantitative estimate of drug-likeness (QED) is 0.608. The first-order valence-corrected chi connectivity index (χ1v) is 7.30. The molecule has 0 radical (unpaired) electrons. The molecule has 0 saturated heterocycles. The summed E-state index contributed by atoms with van der Waals surface area (Å²) in [5.41, 5.74) is 0. The SMILES string of the molecule is CCCCNC(=O)CNCCCC1CCCC1. The summed E-state index contributed by atoms with van der Waals surface area (Å²) < 4.78 is 0. The molecule has 3 nitrogen and oxygen atoms in total. The molecule has 0 spiro atoms. The Hall–Kier alpha value is -0.570. The summed E-state index contributed by atoms with van der Waals surface area (Å²) in [5, 5.41) is 6.14. The number of carbonyl (C=O) groups excluding carboxylic acids is 1. The van der Waals surface area contributed by atoms with Gasteiger partial charge in [0.25, 0.3) is 0 Å². The molecule has 0 bridgehead atoms. The van der Waals surface area contributed by atoms with E-state index in [2.05, 4.69) is 17.6 Å². The van der Waals surface area contributed by atoms with Gasteiger partial charge in [-0.25, -0.2) is 0 Å². The molecule has 3 heteroatoms. The summed E-state index contributed by atoms with van der Waals surface area (Å²) in [7, 11) is 0. The third-order valence-corrected chi connectivity index (χ3v) is 3.58. The van der Waals surface area contributed by atoms with Gasteiger partial charge in [0.2, 0.25) is 5.91 Å². The highest BCUT2D eigenvalue weighted by molar-refractivity contribution is 5.77. The van der Waals surface area contributed by atoms with Crippen LogP contribution < -0.4 is 10.6 Å². The van der Waals surface area contributed by atoms with Crippen molar-refractivity contribution in [2.75, 3.05) is 19.6 Å². The molecule has 1 fully saturated rings. The van der Waals surface area contributed by atoms with Crippen LogP contribution in [0, 0.1) is 5.92 Å². The largest absolute Gasteiger partial charge is 0.355 e. The van der Waals surface area contributed by atoms with E-state index in [1.54, 1.807) is 0 Å². The molecule has 1 saturated carbocycles. The third kappa shape index (κ3) is 7.37. The Labute approximate surface area is 106 Å². The minimum atomic E-state index is 0.138. The van der Waals surface area contributed by atoms with E-state index in [9.17, 15) is 4.79 Å². The maximum atomic E-state index is 11.4. The first kappa shape index (κ1) is 14.5. The molecule has 0 atom stereocenters. The Morgan fingerprint density at radius 3 is 2.65 bits per heavy atom. The Kier molecular flexibility index (Phi) is 8.06. The van der Waals surface area contributed by atoms with Gasteiger partial charge < -0.3 is 10.6 Å². The number of hydrogen-bond acceptors (Lipinski definition) is 2. The van der Waals surface area contributed by atoms with E-state index in [0.717, 1.165) is 31.8 Å². The maximum Gasteiger partial charge on any atom is 0.233 e. The van der Waals surface area contributed by atoms with Gasteiger partial charge in [-0.05, 0) is 31.7 Å². The second-order valence-corrected chi connectivity index (χ2v) is 5.17. The second-order valence-electron chi connectivity index (χ2n) is 5.17. The van der Waals surface area contributed by atoms with Crippen LogP contribution in [-0.2, 0) is 4.79 Å². The predicted molar refractivity (Wildman–Crippen MR) is 72.0 cm³/mol. The summed E-state index contributed by atoms with van der Waals surface area (Å²) in [4.78, 5) is 11.4. The van der Waals surface area contributed by atoms with Crippen molar-refractivity contribution in [2.45, 2.75) is 58.3 Å². The molecule has 1 rings (SSSR count). The number of carbonyl (C=O) groups is 1. The van der Waals surface area contributed by atoms with Crippen LogP contribution in [0.4, 0.5) is 0 Å². The first-order chi connectivity index (χ1) is 8.33. The van der Waals surface area contributed by atoms with Gasteiger partial charge in [-0.1, -0.05) is 39.0 Å². The van der Waals surface area contributed by atoms with Crippen molar-refractivity contribution in [1.29, 1.82) is 0 Å². The van der Waals surface area contributed by atoms with E-state index in [1.165, 1.54) is 38.5 Å². The molecule has 1 aliphatic rings. The molecule has 100 valence electrons. The Morgan fingerprint density at radius 1 is 1.18 bits per heavy atom. The molecule has 2 N–H and O–H groups in total. The molecule has 0 heterocycles. The van der Waals surface area contributed by atoms with Crippen LogP contribution in [0.2, 0.25) is 0 Å². The van der Waals surface area contributed by atoms with Crippen LogP contribution >= 0.6 is 0 Å². The lowest BCUT2D eigenvalue weighted by atomic mass is 10.0. The standard InChI is InChI=1S/C14H28N2O/c1-2-3-11-16-14(17)12-15-10-6-9-13-7-4-5-8-13/h13,15H,2-12H2,1H3,(H,16,17). The highest BCUT2D eigenvalue weighted by Crippen LogP contribution is 2.28. The molecular formula is C14H28N2O. The Morgan fingerprint density at radius 2 is 1.94 bits per heavy atom. The van der Waals surface area contributed by atoms with Gasteiger partial charge in [-0.15, -0.1) is 0 Å². The van der Waals surface area contributed by atoms with Crippen LogP contribution in [-0.4, -0.2) is 25.5 Å². The van der Waals surface area contributed by atoms with Gasteiger partial charge >= 0.3 is 0 Å². The average molecular weight is 240 g/mol. The lowest BCUT2D eigenvalue weighted by Gasteiger charge is -2.09. The maximum absolute atomic E-state index is 11.4. The number of unbranched alkanes of at least 4 members (excludes halogenated alkanes) is 1. The van der Waals surface area contributed by atoms with Gasteiger partial charge in [-0.2, -0.15) is 0 Å². The van der Waals surface area contributed by atoms with Crippen molar-refractivity contribution in [2.24, 2.45) is 5.92 Å². The fourth-order valence-electron chi connectivity index (χ4n) is 2.48. The fraction of sp³-hybridized carbons (Fsp3) is 0.929. The summed E-state index contributed by atoms with van der Waals surface area (Å²) in [6.45, 7) is 4.42. The van der Waals surface area contributed by atoms with Crippen LogP contribution in [0.5, 0.6) is 0 Å².